The molecule has 1 N–H and O–H groups in total. The van der Waals surface area contributed by atoms with Crippen LogP contribution >= 0.6 is 0 Å². The molecule has 10 heteroatoms. The lowest BCUT2D eigenvalue weighted by Crippen LogP contribution is -2.50. The zero-order chi connectivity index (χ0) is 21.1. The number of hydrogen-bond acceptors (Lipinski definition) is 7. The summed E-state index contributed by atoms with van der Waals surface area (Å²) >= 11 is 0. The number of nitrogens with one attached hydrogen (secondary N) is 1. The fourth-order valence-electron chi connectivity index (χ4n) is 4.27. The third-order valence-corrected chi connectivity index (χ3v) is 5.95. The molecule has 1 saturated carbocycles. The SMILES string of the molecule is O=C(CN1C(=O)NC2(CCCC2)C1=O)OCC(=O)N1CCN(c2ccccn2)CC1. The molecule has 4 amide bonds. The summed E-state index contributed by atoms with van der Waals surface area (Å²) < 4.78 is 5.05. The van der Waals surface area contributed by atoms with E-state index in [-0.39, 0.29) is 11.8 Å². The number of ether oxygens (including phenoxy) is 1. The number of amides is 4. The summed E-state index contributed by atoms with van der Waals surface area (Å²) in [5.41, 5.74) is -0.861. The summed E-state index contributed by atoms with van der Waals surface area (Å²) in [6.07, 6.45) is 4.64. The van der Waals surface area contributed by atoms with Crippen LogP contribution in [-0.4, -0.2) is 83.5 Å². The van der Waals surface area contributed by atoms with Crippen LogP contribution in [-0.2, 0) is 19.1 Å². The molecule has 2 saturated heterocycles. The van der Waals surface area contributed by atoms with Crippen molar-refractivity contribution in [1.82, 2.24) is 20.1 Å². The number of nitrogens with zero attached hydrogens (tertiary/aromatic N) is 4. The molecule has 3 heterocycles. The van der Waals surface area contributed by atoms with Crippen molar-refractivity contribution in [3.8, 4) is 0 Å². The first kappa shape index (κ1) is 20.1. The predicted octanol–water partition coefficient (Wildman–Crippen LogP) is 0.138. The number of carbonyl (C=O) groups excluding carboxylic acids is 4. The van der Waals surface area contributed by atoms with Gasteiger partial charge < -0.3 is 19.9 Å². The number of rotatable bonds is 5. The smallest absolute Gasteiger partial charge is 0.326 e. The normalized spacial score (nSPS) is 20.6. The summed E-state index contributed by atoms with van der Waals surface area (Å²) in [4.78, 5) is 58.1. The average molecular weight is 415 g/mol. The molecular weight excluding hydrogens is 390 g/mol. The second-order valence-electron chi connectivity index (χ2n) is 7.83. The minimum atomic E-state index is -0.861. The van der Waals surface area contributed by atoms with Crippen molar-refractivity contribution in [2.45, 2.75) is 31.2 Å². The zero-order valence-corrected chi connectivity index (χ0v) is 16.7. The van der Waals surface area contributed by atoms with Gasteiger partial charge in [-0.15, -0.1) is 0 Å². The molecule has 1 spiro atoms. The Bertz CT molecular complexity index is 831. The third-order valence-electron chi connectivity index (χ3n) is 5.95. The number of esters is 1. The van der Waals surface area contributed by atoms with Crippen molar-refractivity contribution < 1.29 is 23.9 Å². The van der Waals surface area contributed by atoms with E-state index in [4.69, 9.17) is 4.74 Å². The Hall–Kier alpha value is -3.17. The first-order valence-corrected chi connectivity index (χ1v) is 10.2. The Labute approximate surface area is 174 Å². The van der Waals surface area contributed by atoms with E-state index in [1.54, 1.807) is 11.1 Å². The van der Waals surface area contributed by atoms with Gasteiger partial charge in [-0.2, -0.15) is 0 Å². The maximum atomic E-state index is 12.6. The van der Waals surface area contributed by atoms with E-state index in [1.807, 2.05) is 18.2 Å². The van der Waals surface area contributed by atoms with Gasteiger partial charge in [-0.1, -0.05) is 18.9 Å². The molecule has 3 fully saturated rings. The van der Waals surface area contributed by atoms with Crippen LogP contribution in [0.4, 0.5) is 10.6 Å². The standard InChI is InChI=1S/C20H25N5O5/c26-16(24-11-9-23(10-12-24)15-5-1-4-8-21-15)14-30-17(27)13-25-18(28)20(22-19(25)29)6-2-3-7-20/h1,4-5,8H,2-3,6-7,9-14H2,(H,22,29). The highest BCUT2D eigenvalue weighted by Crippen LogP contribution is 2.34. The number of anilines is 1. The van der Waals surface area contributed by atoms with Gasteiger partial charge in [0.1, 0.15) is 17.9 Å². The number of pyridine rings is 1. The van der Waals surface area contributed by atoms with Gasteiger partial charge in [0.05, 0.1) is 0 Å². The van der Waals surface area contributed by atoms with Gasteiger partial charge in [0, 0.05) is 32.4 Å². The number of hydrogen-bond donors (Lipinski definition) is 1. The summed E-state index contributed by atoms with van der Waals surface area (Å²) in [7, 11) is 0. The lowest BCUT2D eigenvalue weighted by molar-refractivity contribution is -0.154. The summed E-state index contributed by atoms with van der Waals surface area (Å²) in [5.74, 6) is -0.578. The van der Waals surface area contributed by atoms with E-state index in [0.29, 0.717) is 39.0 Å². The van der Waals surface area contributed by atoms with E-state index in [2.05, 4.69) is 15.2 Å². The Balaban J connectivity index is 1.22. The number of carbonyl (C=O) groups is 4. The minimum Gasteiger partial charge on any atom is -0.454 e. The molecule has 160 valence electrons. The fraction of sp³-hybridized carbons (Fsp3) is 0.550. The molecule has 2 aliphatic heterocycles. The lowest BCUT2D eigenvalue weighted by atomic mass is 9.98. The molecular formula is C20H25N5O5. The summed E-state index contributed by atoms with van der Waals surface area (Å²) in [5, 5.41) is 2.71. The zero-order valence-electron chi connectivity index (χ0n) is 16.7. The first-order valence-electron chi connectivity index (χ1n) is 10.2. The molecule has 1 aromatic heterocycles. The second kappa shape index (κ2) is 8.29. The van der Waals surface area contributed by atoms with Crippen molar-refractivity contribution in [2.75, 3.05) is 44.2 Å². The molecule has 0 radical (unpaired) electrons. The highest BCUT2D eigenvalue weighted by molar-refractivity contribution is 6.08. The van der Waals surface area contributed by atoms with E-state index >= 15 is 0 Å². The molecule has 1 aromatic rings. The largest absolute Gasteiger partial charge is 0.454 e. The Kier molecular flexibility index (Phi) is 5.56. The summed E-state index contributed by atoms with van der Waals surface area (Å²) in [6.45, 7) is 1.40. The van der Waals surface area contributed by atoms with Crippen molar-refractivity contribution >= 4 is 29.6 Å². The van der Waals surface area contributed by atoms with Crippen molar-refractivity contribution in [3.63, 3.8) is 0 Å². The molecule has 3 aliphatic rings. The van der Waals surface area contributed by atoms with Gasteiger partial charge in [0.2, 0.25) is 0 Å². The first-order chi connectivity index (χ1) is 14.5. The van der Waals surface area contributed by atoms with Crippen LogP contribution in [0.2, 0.25) is 0 Å². The van der Waals surface area contributed by atoms with Crippen LogP contribution in [0.5, 0.6) is 0 Å². The van der Waals surface area contributed by atoms with E-state index in [0.717, 1.165) is 23.6 Å². The van der Waals surface area contributed by atoms with Gasteiger partial charge >= 0.3 is 12.0 Å². The molecule has 0 aromatic carbocycles. The summed E-state index contributed by atoms with van der Waals surface area (Å²) in [6, 6.07) is 5.12. The van der Waals surface area contributed by atoms with E-state index < -0.39 is 30.7 Å². The topological polar surface area (TPSA) is 112 Å². The number of piperazine rings is 1. The van der Waals surface area contributed by atoms with Crippen molar-refractivity contribution in [3.05, 3.63) is 24.4 Å². The molecule has 10 nitrogen and oxygen atoms in total. The Morgan fingerprint density at radius 1 is 1.10 bits per heavy atom. The molecule has 1 aliphatic carbocycles. The lowest BCUT2D eigenvalue weighted by Gasteiger charge is -2.35. The number of aromatic nitrogens is 1. The number of imide groups is 1. The maximum Gasteiger partial charge on any atom is 0.326 e. The van der Waals surface area contributed by atoms with Crippen LogP contribution < -0.4 is 10.2 Å². The molecule has 0 bridgehead atoms. The van der Waals surface area contributed by atoms with Crippen LogP contribution in [0.3, 0.4) is 0 Å². The molecule has 4 rings (SSSR count). The van der Waals surface area contributed by atoms with E-state index in [9.17, 15) is 19.2 Å². The third kappa shape index (κ3) is 3.94. The fourth-order valence-corrected chi connectivity index (χ4v) is 4.27. The van der Waals surface area contributed by atoms with Crippen LogP contribution in [0.1, 0.15) is 25.7 Å². The monoisotopic (exact) mass is 415 g/mol. The van der Waals surface area contributed by atoms with Gasteiger partial charge in [0.25, 0.3) is 11.8 Å². The van der Waals surface area contributed by atoms with Gasteiger partial charge in [-0.25, -0.2) is 9.78 Å². The van der Waals surface area contributed by atoms with Crippen LogP contribution in [0.15, 0.2) is 24.4 Å². The van der Waals surface area contributed by atoms with Gasteiger partial charge in [-0.3, -0.25) is 19.3 Å². The van der Waals surface area contributed by atoms with Crippen LogP contribution in [0.25, 0.3) is 0 Å². The minimum absolute atomic E-state index is 0.298. The predicted molar refractivity (Wildman–Crippen MR) is 105 cm³/mol. The second-order valence-corrected chi connectivity index (χ2v) is 7.83. The van der Waals surface area contributed by atoms with Gasteiger partial charge in [0.15, 0.2) is 6.61 Å². The van der Waals surface area contributed by atoms with Gasteiger partial charge in [-0.05, 0) is 25.0 Å². The Morgan fingerprint density at radius 3 is 2.50 bits per heavy atom. The van der Waals surface area contributed by atoms with Crippen molar-refractivity contribution in [1.29, 1.82) is 0 Å². The van der Waals surface area contributed by atoms with Crippen molar-refractivity contribution in [2.24, 2.45) is 0 Å². The quantitative estimate of drug-likeness (QED) is 0.538. The Morgan fingerprint density at radius 2 is 1.83 bits per heavy atom. The molecule has 0 atom stereocenters. The van der Waals surface area contributed by atoms with E-state index in [1.165, 1.54) is 0 Å². The average Bonchev–Trinajstić information content (AvgIpc) is 3.33. The number of urea groups is 1. The maximum absolute atomic E-state index is 12.6. The highest BCUT2D eigenvalue weighted by atomic mass is 16.5. The molecule has 30 heavy (non-hydrogen) atoms. The highest BCUT2D eigenvalue weighted by Gasteiger charge is 2.52. The van der Waals surface area contributed by atoms with Crippen LogP contribution in [0, 0.1) is 0 Å². The molecule has 0 unspecified atom stereocenters.